The highest BCUT2D eigenvalue weighted by atomic mass is 16.5. The normalized spacial score (nSPS) is 34.6. The lowest BCUT2D eigenvalue weighted by molar-refractivity contribution is -0.184. The Morgan fingerprint density at radius 3 is 2.46 bits per heavy atom. The summed E-state index contributed by atoms with van der Waals surface area (Å²) in [4.78, 5) is 74.2. The van der Waals surface area contributed by atoms with Gasteiger partial charge in [0.2, 0.25) is 17.6 Å². The van der Waals surface area contributed by atoms with Crippen molar-refractivity contribution in [1.29, 1.82) is 0 Å². The Morgan fingerprint density at radius 1 is 1.07 bits per heavy atom. The molecule has 0 aromatic carbocycles. The van der Waals surface area contributed by atoms with Crippen LogP contribution in [0.15, 0.2) is 11.6 Å². The lowest BCUT2D eigenvalue weighted by Crippen LogP contribution is -2.62. The zero-order valence-electron chi connectivity index (χ0n) is 27.4. The average Bonchev–Trinajstić information content (AvgIpc) is 3.27. The second-order valence-electron chi connectivity index (χ2n) is 14.4. The van der Waals surface area contributed by atoms with Gasteiger partial charge in [-0.15, -0.1) is 0 Å². The fraction of sp³-hybridized carbons (Fsp3) is 0.765. The van der Waals surface area contributed by atoms with Crippen molar-refractivity contribution in [3.8, 4) is 0 Å². The number of unbranched alkanes of at least 4 members (excludes halogenated alkanes) is 1. The number of carbonyl (C=O) groups excluding carboxylic acids is 5. The number of Topliss-reactive ketones (excluding diaryl/α,β-unsaturated/α-hetero) is 1. The molecule has 9 atom stereocenters. The molecule has 0 aromatic heterocycles. The van der Waals surface area contributed by atoms with E-state index in [1.165, 1.54) is 6.92 Å². The summed E-state index contributed by atoms with van der Waals surface area (Å²) in [6.45, 7) is 6.63. The second-order valence-corrected chi connectivity index (χ2v) is 14.4. The van der Waals surface area contributed by atoms with Crippen molar-refractivity contribution in [3.05, 3.63) is 11.6 Å². The third-order valence-electron chi connectivity index (χ3n) is 11.7. The predicted octanol–water partition coefficient (Wildman–Crippen LogP) is 2.38. The van der Waals surface area contributed by atoms with Gasteiger partial charge in [-0.2, -0.15) is 0 Å². The number of aliphatic hydroxyl groups excluding tert-OH is 1. The minimum atomic E-state index is -1.78. The van der Waals surface area contributed by atoms with Crippen LogP contribution in [0.1, 0.15) is 105 Å². The molecule has 4 rings (SSSR count). The van der Waals surface area contributed by atoms with Crippen LogP contribution < -0.4 is 10.6 Å². The van der Waals surface area contributed by atoms with E-state index >= 15 is 0 Å². The molecule has 0 aliphatic heterocycles. The van der Waals surface area contributed by atoms with Crippen molar-refractivity contribution in [1.82, 2.24) is 10.6 Å². The van der Waals surface area contributed by atoms with E-state index in [0.717, 1.165) is 24.8 Å². The number of rotatable bonds is 13. The molecular formula is C34H50N2O10. The largest absolute Gasteiger partial charge is 0.480 e. The van der Waals surface area contributed by atoms with Gasteiger partial charge in [-0.25, -0.2) is 4.79 Å². The summed E-state index contributed by atoms with van der Waals surface area (Å²) in [6, 6.07) is -2.09. The van der Waals surface area contributed by atoms with Crippen molar-refractivity contribution >= 4 is 35.3 Å². The molecule has 0 spiro atoms. The lowest BCUT2D eigenvalue weighted by atomic mass is 9.45. The van der Waals surface area contributed by atoms with Crippen LogP contribution in [0.25, 0.3) is 0 Å². The van der Waals surface area contributed by atoms with Gasteiger partial charge >= 0.3 is 11.9 Å². The monoisotopic (exact) mass is 646 g/mol. The van der Waals surface area contributed by atoms with Gasteiger partial charge in [0.15, 0.2) is 12.4 Å². The number of aliphatic carboxylic acids is 1. The Labute approximate surface area is 270 Å². The van der Waals surface area contributed by atoms with E-state index in [1.54, 1.807) is 6.08 Å². The van der Waals surface area contributed by atoms with Crippen LogP contribution in [-0.4, -0.2) is 81.0 Å². The smallest absolute Gasteiger partial charge is 0.326 e. The highest BCUT2D eigenvalue weighted by Gasteiger charge is 2.68. The highest BCUT2D eigenvalue weighted by Crippen LogP contribution is 2.67. The molecule has 5 N–H and O–H groups in total. The molecular weight excluding hydrogens is 596 g/mol. The molecule has 2 amide bonds. The predicted molar refractivity (Wildman–Crippen MR) is 165 cm³/mol. The Morgan fingerprint density at radius 2 is 1.78 bits per heavy atom. The van der Waals surface area contributed by atoms with Crippen molar-refractivity contribution < 1.29 is 48.8 Å². The molecule has 4 aliphatic rings. The minimum Gasteiger partial charge on any atom is -0.480 e. The van der Waals surface area contributed by atoms with Crippen LogP contribution in [0.3, 0.4) is 0 Å². The summed E-state index contributed by atoms with van der Waals surface area (Å²) in [5, 5.41) is 37.5. The number of carboxylic acid groups (broad SMARTS) is 1. The van der Waals surface area contributed by atoms with Gasteiger partial charge in [-0.1, -0.05) is 39.2 Å². The summed E-state index contributed by atoms with van der Waals surface area (Å²) >= 11 is 0. The number of ether oxygens (including phenoxy) is 1. The van der Waals surface area contributed by atoms with Gasteiger partial charge in [0, 0.05) is 18.3 Å². The van der Waals surface area contributed by atoms with Crippen molar-refractivity contribution in [2.45, 2.75) is 129 Å². The number of fused-ring (bicyclic) bond motifs is 5. The van der Waals surface area contributed by atoms with E-state index in [1.807, 2.05) is 13.8 Å². The number of esters is 1. The zero-order chi connectivity index (χ0) is 34.0. The number of nitrogens with one attached hydrogen (secondary N) is 2. The number of hydrogen-bond donors (Lipinski definition) is 5. The zero-order valence-corrected chi connectivity index (χ0v) is 27.4. The number of hydrogen-bond acceptors (Lipinski definition) is 9. The van der Waals surface area contributed by atoms with Crippen LogP contribution in [0, 0.1) is 28.6 Å². The summed E-state index contributed by atoms with van der Waals surface area (Å²) in [6.07, 6.45) is 5.66. The van der Waals surface area contributed by atoms with Gasteiger partial charge in [0.05, 0.1) is 12.5 Å². The number of amides is 2. The Kier molecular flexibility index (Phi) is 10.8. The van der Waals surface area contributed by atoms with E-state index < -0.39 is 65.3 Å². The number of carbonyl (C=O) groups is 6. The van der Waals surface area contributed by atoms with Gasteiger partial charge in [0.1, 0.15) is 17.7 Å². The van der Waals surface area contributed by atoms with E-state index in [-0.39, 0.29) is 61.1 Å². The third kappa shape index (κ3) is 6.79. The topological polar surface area (TPSA) is 196 Å². The quantitative estimate of drug-likeness (QED) is 0.185. The first-order valence-corrected chi connectivity index (χ1v) is 16.7. The SMILES string of the molecule is CCCCC(NC(=O)C(C)NC(=O)CCC(=O)OCC(=O)[C@@]1(O)CC[C@H]2[C@@H]3CCC4=CC(=O)CC[C@]4(C)[C@H]3[C@@H](O)C[C@@]21C)C(=O)O. The molecule has 0 saturated heterocycles. The maximum atomic E-state index is 13.5. The molecule has 12 heteroatoms. The first-order chi connectivity index (χ1) is 21.6. The molecule has 256 valence electrons. The molecule has 0 heterocycles. The summed E-state index contributed by atoms with van der Waals surface area (Å²) in [5.74, 6) is -3.75. The lowest BCUT2D eigenvalue weighted by Gasteiger charge is -2.60. The number of ketones is 2. The Hall–Kier alpha value is -3.12. The number of allylic oxidation sites excluding steroid dienone is 1. The van der Waals surface area contributed by atoms with E-state index in [0.29, 0.717) is 25.7 Å². The van der Waals surface area contributed by atoms with Crippen molar-refractivity contribution in [2.75, 3.05) is 6.61 Å². The minimum absolute atomic E-state index is 0.0122. The molecule has 0 bridgehead atoms. The third-order valence-corrected chi connectivity index (χ3v) is 11.7. The summed E-state index contributed by atoms with van der Waals surface area (Å²) in [7, 11) is 0. The van der Waals surface area contributed by atoms with E-state index in [9.17, 15) is 44.1 Å². The highest BCUT2D eigenvalue weighted by molar-refractivity contribution is 5.93. The summed E-state index contributed by atoms with van der Waals surface area (Å²) in [5.41, 5.74) is -1.88. The van der Waals surface area contributed by atoms with Crippen LogP contribution in [0.2, 0.25) is 0 Å². The van der Waals surface area contributed by atoms with Crippen LogP contribution in [0.4, 0.5) is 0 Å². The van der Waals surface area contributed by atoms with Crippen molar-refractivity contribution in [3.63, 3.8) is 0 Å². The molecule has 3 saturated carbocycles. The number of aliphatic hydroxyl groups is 2. The van der Waals surface area contributed by atoms with E-state index in [2.05, 4.69) is 17.6 Å². The Bertz CT molecular complexity index is 1280. The molecule has 0 aromatic rings. The maximum absolute atomic E-state index is 13.5. The fourth-order valence-electron chi connectivity index (χ4n) is 9.04. The first kappa shape index (κ1) is 35.7. The van der Waals surface area contributed by atoms with Gasteiger partial charge in [0.25, 0.3) is 0 Å². The maximum Gasteiger partial charge on any atom is 0.326 e. The molecule has 46 heavy (non-hydrogen) atoms. The standard InChI is InChI=1S/C34H50N2O10/c1-5-6-7-24(31(43)44)36-30(42)19(2)35-27(40)10-11-28(41)46-18-26(39)34(45)15-13-23-22-9-8-20-16-21(37)12-14-32(20,3)29(22)25(38)17-33(23,34)4/h16,19,22-25,29,38,45H,5-15,17-18H2,1-4H3,(H,35,40)(H,36,42)(H,43,44)/t19?,22-,23-,24?,25-,29+,32-,33-,34-/m0/s1. The van der Waals surface area contributed by atoms with Crippen molar-refractivity contribution in [2.24, 2.45) is 28.6 Å². The molecule has 12 nitrogen and oxygen atoms in total. The van der Waals surface area contributed by atoms with Gasteiger partial charge in [-0.3, -0.25) is 24.0 Å². The van der Waals surface area contributed by atoms with E-state index in [4.69, 9.17) is 4.74 Å². The second kappa shape index (κ2) is 13.9. The number of carboxylic acids is 1. The summed E-state index contributed by atoms with van der Waals surface area (Å²) < 4.78 is 5.18. The average molecular weight is 647 g/mol. The first-order valence-electron chi connectivity index (χ1n) is 16.7. The van der Waals surface area contributed by atoms with Crippen LogP contribution >= 0.6 is 0 Å². The molecule has 3 fully saturated rings. The van der Waals surface area contributed by atoms with Crippen LogP contribution in [0.5, 0.6) is 0 Å². The van der Waals surface area contributed by atoms with Gasteiger partial charge < -0.3 is 30.7 Å². The van der Waals surface area contributed by atoms with Crippen LogP contribution in [-0.2, 0) is 33.5 Å². The molecule has 2 unspecified atom stereocenters. The Balaban J connectivity index is 1.28. The fourth-order valence-corrected chi connectivity index (χ4v) is 9.04. The molecule has 4 aliphatic carbocycles. The molecule has 0 radical (unpaired) electrons. The van der Waals surface area contributed by atoms with Gasteiger partial charge in [-0.05, 0) is 81.1 Å².